The van der Waals surface area contributed by atoms with Gasteiger partial charge in [0.1, 0.15) is 23.1 Å². The van der Waals surface area contributed by atoms with Gasteiger partial charge in [-0.3, -0.25) is 9.00 Å². The van der Waals surface area contributed by atoms with Crippen LogP contribution in [-0.4, -0.2) is 56.1 Å². The number of anilines is 1. The van der Waals surface area contributed by atoms with Crippen molar-refractivity contribution in [2.45, 2.75) is 84.6 Å². The first-order valence-electron chi connectivity index (χ1n) is 13.2. The fraction of sp³-hybridized carbons (Fsp3) is 0.577. The molecule has 14 heteroatoms. The minimum atomic E-state index is -4.64. The second-order valence-electron chi connectivity index (χ2n) is 11.2. The van der Waals surface area contributed by atoms with Crippen LogP contribution in [0.4, 0.5) is 27.8 Å². The van der Waals surface area contributed by atoms with Crippen molar-refractivity contribution in [3.63, 3.8) is 0 Å². The van der Waals surface area contributed by atoms with Gasteiger partial charge in [0.25, 0.3) is 0 Å². The third kappa shape index (κ3) is 4.15. The van der Waals surface area contributed by atoms with Crippen LogP contribution in [0, 0.1) is 18.3 Å². The van der Waals surface area contributed by atoms with Crippen LogP contribution in [0.15, 0.2) is 29.2 Å². The Morgan fingerprint density at radius 2 is 2.00 bits per heavy atom. The Bertz CT molecular complexity index is 1460. The van der Waals surface area contributed by atoms with E-state index in [1.807, 2.05) is 4.68 Å². The average Bonchev–Trinajstić information content (AvgIpc) is 3.32. The number of amides is 1. The highest BCUT2D eigenvalue weighted by Gasteiger charge is 2.64. The second kappa shape index (κ2) is 8.89. The summed E-state index contributed by atoms with van der Waals surface area (Å²) in [5, 5.41) is 11.9. The van der Waals surface area contributed by atoms with Gasteiger partial charge in [-0.2, -0.15) is 32.3 Å². The molecule has 216 valence electrons. The topological polar surface area (TPSA) is 100 Å². The van der Waals surface area contributed by atoms with E-state index in [0.717, 1.165) is 37.5 Å². The third-order valence-electron chi connectivity index (χ3n) is 8.45. The zero-order chi connectivity index (χ0) is 28.7. The Hall–Kier alpha value is -3.21. The molecule has 0 bridgehead atoms. The van der Waals surface area contributed by atoms with Crippen LogP contribution < -0.4 is 15.0 Å². The van der Waals surface area contributed by atoms with Crippen molar-refractivity contribution >= 4 is 21.7 Å². The molecule has 0 radical (unpaired) electrons. The molecule has 1 N–H and O–H groups in total. The lowest BCUT2D eigenvalue weighted by molar-refractivity contribution is -0.153. The van der Waals surface area contributed by atoms with E-state index in [1.165, 1.54) is 0 Å². The molecule has 4 aliphatic rings. The number of ether oxygens (including phenoxy) is 1. The van der Waals surface area contributed by atoms with Crippen molar-refractivity contribution in [2.24, 2.45) is 0 Å². The summed E-state index contributed by atoms with van der Waals surface area (Å²) in [6.45, 7) is 0.0584. The average molecular weight is 586 g/mol. The number of nitrogens with zero attached hydrogens (tertiary/aromatic N) is 4. The summed E-state index contributed by atoms with van der Waals surface area (Å²) >= 11 is 0. The SMILES string of the molecule is Cc1cc(N2C[C@H]([SH]3(=O)c4ccc(OCC(F)(F)F)cc4C3(F)F)C[C@H]2C(=O)NC2(C#N)CC2)n(C2CCC2)n1. The molecule has 3 fully saturated rings. The highest BCUT2D eigenvalue weighted by Crippen LogP contribution is 2.60. The van der Waals surface area contributed by atoms with E-state index in [0.29, 0.717) is 24.4 Å². The Balaban J connectivity index is 1.33. The number of thiol groups is 1. The molecule has 6 rings (SSSR count). The van der Waals surface area contributed by atoms with Crippen LogP contribution in [-0.2, 0) is 20.0 Å². The molecule has 1 amide bonds. The van der Waals surface area contributed by atoms with Crippen LogP contribution in [0.25, 0.3) is 0 Å². The molecular formula is C26H28F5N5O3S. The van der Waals surface area contributed by atoms with Crippen LogP contribution >= 0.6 is 0 Å². The van der Waals surface area contributed by atoms with Crippen molar-refractivity contribution in [1.82, 2.24) is 15.1 Å². The number of fused-ring (bicyclic) bond motifs is 1. The van der Waals surface area contributed by atoms with Gasteiger partial charge in [-0.15, -0.1) is 0 Å². The molecule has 2 atom stereocenters. The number of nitrogens with one attached hydrogen (secondary N) is 1. The minimum absolute atomic E-state index is 0.103. The largest absolute Gasteiger partial charge is 0.484 e. The molecule has 1 aromatic heterocycles. The molecular weight excluding hydrogens is 557 g/mol. The number of hydrogen-bond acceptors (Lipinski definition) is 6. The fourth-order valence-corrected chi connectivity index (χ4v) is 9.20. The van der Waals surface area contributed by atoms with Crippen LogP contribution in [0.3, 0.4) is 0 Å². The van der Waals surface area contributed by atoms with Crippen molar-refractivity contribution < 1.29 is 35.7 Å². The Morgan fingerprint density at radius 1 is 1.27 bits per heavy atom. The number of hydrogen-bond donors (Lipinski definition) is 2. The number of alkyl halides is 5. The van der Waals surface area contributed by atoms with Gasteiger partial charge in [0.05, 0.1) is 23.4 Å². The number of aromatic nitrogens is 2. The van der Waals surface area contributed by atoms with E-state index in [1.54, 1.807) is 17.9 Å². The van der Waals surface area contributed by atoms with E-state index in [-0.39, 0.29) is 23.9 Å². The normalized spacial score (nSPS) is 26.6. The van der Waals surface area contributed by atoms with E-state index in [9.17, 15) is 27.4 Å². The van der Waals surface area contributed by atoms with Gasteiger partial charge in [0.2, 0.25) is 5.91 Å². The van der Waals surface area contributed by atoms with E-state index >= 15 is 8.78 Å². The molecule has 8 nitrogen and oxygen atoms in total. The summed E-state index contributed by atoms with van der Waals surface area (Å²) < 4.78 is 89.5. The number of aryl methyl sites for hydroxylation is 1. The Labute approximate surface area is 227 Å². The number of nitriles is 1. The maximum Gasteiger partial charge on any atom is 0.422 e. The van der Waals surface area contributed by atoms with Gasteiger partial charge in [-0.05, 0) is 73.6 Å². The predicted molar refractivity (Wildman–Crippen MR) is 135 cm³/mol. The predicted octanol–water partition coefficient (Wildman–Crippen LogP) is 4.12. The van der Waals surface area contributed by atoms with Gasteiger partial charge in [-0.25, -0.2) is 4.68 Å². The Morgan fingerprint density at radius 3 is 2.60 bits per heavy atom. The van der Waals surface area contributed by atoms with Crippen LogP contribution in [0.2, 0.25) is 0 Å². The Kier molecular flexibility index (Phi) is 6.00. The van der Waals surface area contributed by atoms with Gasteiger partial charge in [-0.1, -0.05) is 0 Å². The lowest BCUT2D eigenvalue weighted by Crippen LogP contribution is -2.52. The summed E-state index contributed by atoms with van der Waals surface area (Å²) in [4.78, 5) is 15.1. The number of carbonyl (C=O) groups excluding carboxylic acids is 1. The highest BCUT2D eigenvalue weighted by molar-refractivity contribution is 8.05. The molecule has 3 heterocycles. The molecule has 2 aliphatic heterocycles. The molecule has 0 unspecified atom stereocenters. The number of carbonyl (C=O) groups is 1. The minimum Gasteiger partial charge on any atom is -0.484 e. The van der Waals surface area contributed by atoms with Gasteiger partial charge >= 0.3 is 11.4 Å². The number of benzene rings is 1. The van der Waals surface area contributed by atoms with E-state index in [2.05, 4.69) is 21.2 Å². The molecule has 1 aromatic carbocycles. The summed E-state index contributed by atoms with van der Waals surface area (Å²) in [5.41, 5.74) is -0.904. The summed E-state index contributed by atoms with van der Waals surface area (Å²) in [6.07, 6.45) is -0.988. The van der Waals surface area contributed by atoms with Crippen molar-refractivity contribution in [3.8, 4) is 11.8 Å². The molecule has 40 heavy (non-hydrogen) atoms. The van der Waals surface area contributed by atoms with Crippen LogP contribution in [0.5, 0.6) is 5.75 Å². The van der Waals surface area contributed by atoms with E-state index in [4.69, 9.17) is 0 Å². The molecule has 2 aromatic rings. The fourth-order valence-electron chi connectivity index (χ4n) is 5.91. The standard InChI is InChI=1S/C26H28F5N5O3S/c1-15-9-22(36(34-15)16-3-2-4-16)35-12-18(11-20(35)23(37)33-24(13-32)7-8-24)40(38)21-6-5-17(39-14-25(27,28)29)10-19(21)26(40,30)31/h5-6,9-10,16,18,20,40H,2-4,7-8,11-12,14H2,1H3,(H,33,37)/t18-,20+/m1/s1. The maximum atomic E-state index is 15.6. The second-order valence-corrected chi connectivity index (χ2v) is 14.3. The van der Waals surface area contributed by atoms with E-state index < -0.39 is 62.0 Å². The zero-order valence-electron chi connectivity index (χ0n) is 21.5. The molecule has 2 saturated carbocycles. The van der Waals surface area contributed by atoms with Gasteiger partial charge in [0, 0.05) is 22.8 Å². The molecule has 0 spiro atoms. The van der Waals surface area contributed by atoms with Crippen molar-refractivity contribution in [1.29, 1.82) is 5.26 Å². The number of rotatable bonds is 7. The van der Waals surface area contributed by atoms with Crippen molar-refractivity contribution in [3.05, 3.63) is 35.5 Å². The first-order chi connectivity index (χ1) is 18.8. The first kappa shape index (κ1) is 27.0. The summed E-state index contributed by atoms with van der Waals surface area (Å²) in [7, 11) is -4.43. The first-order valence-corrected chi connectivity index (χ1v) is 14.9. The maximum absolute atomic E-state index is 15.6. The lowest BCUT2D eigenvalue weighted by atomic mass is 9.93. The zero-order valence-corrected chi connectivity index (χ0v) is 22.4. The van der Waals surface area contributed by atoms with Gasteiger partial charge < -0.3 is 15.0 Å². The summed E-state index contributed by atoms with van der Waals surface area (Å²) in [6, 6.07) is 6.11. The van der Waals surface area contributed by atoms with Crippen molar-refractivity contribution in [2.75, 3.05) is 18.1 Å². The number of halogens is 5. The monoisotopic (exact) mass is 585 g/mol. The lowest BCUT2D eigenvalue weighted by Gasteiger charge is -2.47. The summed E-state index contributed by atoms with van der Waals surface area (Å²) in [5.74, 6) is -0.302. The molecule has 2 aliphatic carbocycles. The van der Waals surface area contributed by atoms with Crippen LogP contribution in [0.1, 0.15) is 55.8 Å². The highest BCUT2D eigenvalue weighted by atomic mass is 32.2. The molecule has 1 saturated heterocycles. The smallest absolute Gasteiger partial charge is 0.422 e. The quantitative estimate of drug-likeness (QED) is 0.375. The third-order valence-corrected chi connectivity index (χ3v) is 12.0. The van der Waals surface area contributed by atoms with Gasteiger partial charge in [0.15, 0.2) is 6.61 Å².